The van der Waals surface area contributed by atoms with E-state index in [1.54, 1.807) is 30.3 Å². The van der Waals surface area contributed by atoms with E-state index < -0.39 is 0 Å². The van der Waals surface area contributed by atoms with Gasteiger partial charge < -0.3 is 9.47 Å². The van der Waals surface area contributed by atoms with Crippen LogP contribution in [0.1, 0.15) is 28.4 Å². The van der Waals surface area contributed by atoms with Gasteiger partial charge in [0.25, 0.3) is 11.5 Å². The van der Waals surface area contributed by atoms with Crippen LogP contribution < -0.4 is 10.9 Å². The molecule has 5 nitrogen and oxygen atoms in total. The van der Waals surface area contributed by atoms with Crippen LogP contribution in [0.4, 0.5) is 0 Å². The number of rotatable bonds is 1. The van der Waals surface area contributed by atoms with Crippen molar-refractivity contribution in [3.8, 4) is 0 Å². The first-order valence-corrected chi connectivity index (χ1v) is 9.35. The van der Waals surface area contributed by atoms with Crippen LogP contribution in [-0.2, 0) is 6.54 Å². The predicted molar refractivity (Wildman–Crippen MR) is 105 cm³/mol. The van der Waals surface area contributed by atoms with Gasteiger partial charge in [-0.05, 0) is 54.9 Å². The molecule has 1 amide bonds. The predicted octanol–water partition coefficient (Wildman–Crippen LogP) is 2.64. The molecule has 0 unspecified atom stereocenters. The second-order valence-corrected chi connectivity index (χ2v) is 7.69. The van der Waals surface area contributed by atoms with Crippen molar-refractivity contribution in [2.45, 2.75) is 18.9 Å². The van der Waals surface area contributed by atoms with Gasteiger partial charge in [0.15, 0.2) is 5.11 Å². The van der Waals surface area contributed by atoms with E-state index in [4.69, 9.17) is 23.8 Å². The number of carbonyl (C=O) groups excluding carboxylic acids is 1. The number of hydrogen-bond acceptors (Lipinski definition) is 3. The SMILES string of the molecule is O=C(NC(=S)N1C[C@@H]2C[C@H](C1)c1cccc(=O)n1C2)c1ccc(Cl)cc1. The lowest BCUT2D eigenvalue weighted by Gasteiger charge is -2.43. The number of pyridine rings is 1. The highest BCUT2D eigenvalue weighted by Crippen LogP contribution is 2.34. The lowest BCUT2D eigenvalue weighted by Crippen LogP contribution is -2.52. The number of amides is 1. The molecule has 1 saturated heterocycles. The van der Waals surface area contributed by atoms with Crippen molar-refractivity contribution in [1.29, 1.82) is 0 Å². The fourth-order valence-corrected chi connectivity index (χ4v) is 4.28. The Hall–Kier alpha value is -2.18. The molecule has 2 atom stereocenters. The Balaban J connectivity index is 1.48. The summed E-state index contributed by atoms with van der Waals surface area (Å²) in [6.07, 6.45) is 1.05. The van der Waals surface area contributed by atoms with Crippen molar-refractivity contribution in [3.63, 3.8) is 0 Å². The van der Waals surface area contributed by atoms with Gasteiger partial charge in [-0.2, -0.15) is 0 Å². The minimum atomic E-state index is -0.237. The molecule has 1 fully saturated rings. The summed E-state index contributed by atoms with van der Waals surface area (Å²) in [5.41, 5.74) is 1.64. The summed E-state index contributed by atoms with van der Waals surface area (Å²) in [4.78, 5) is 26.5. The summed E-state index contributed by atoms with van der Waals surface area (Å²) >= 11 is 11.3. The minimum Gasteiger partial charge on any atom is -0.348 e. The maximum Gasteiger partial charge on any atom is 0.257 e. The zero-order valence-electron chi connectivity index (χ0n) is 14.0. The molecule has 2 aromatic rings. The Labute approximate surface area is 161 Å². The summed E-state index contributed by atoms with van der Waals surface area (Å²) in [7, 11) is 0. The molecule has 1 N–H and O–H groups in total. The number of carbonyl (C=O) groups is 1. The van der Waals surface area contributed by atoms with E-state index in [2.05, 4.69) is 5.32 Å². The van der Waals surface area contributed by atoms with Gasteiger partial charge in [-0.3, -0.25) is 14.9 Å². The molecule has 1 aromatic heterocycles. The third-order valence-corrected chi connectivity index (χ3v) is 5.71. The van der Waals surface area contributed by atoms with Crippen LogP contribution in [0.15, 0.2) is 47.3 Å². The Morgan fingerprint density at radius 2 is 1.88 bits per heavy atom. The van der Waals surface area contributed by atoms with Gasteiger partial charge in [-0.1, -0.05) is 17.7 Å². The van der Waals surface area contributed by atoms with Crippen LogP contribution in [0.2, 0.25) is 5.02 Å². The molecule has 134 valence electrons. The van der Waals surface area contributed by atoms with Crippen molar-refractivity contribution in [3.05, 3.63) is 69.1 Å². The quantitative estimate of drug-likeness (QED) is 0.764. The Bertz CT molecular complexity index is 925. The molecule has 0 aliphatic carbocycles. The number of piperidine rings is 1. The summed E-state index contributed by atoms with van der Waals surface area (Å²) in [6.45, 7) is 2.16. The van der Waals surface area contributed by atoms with Gasteiger partial charge in [0, 0.05) is 47.9 Å². The van der Waals surface area contributed by atoms with Crippen LogP contribution in [0.25, 0.3) is 0 Å². The summed E-state index contributed by atoms with van der Waals surface area (Å²) in [6, 6.07) is 12.1. The Morgan fingerprint density at radius 1 is 1.12 bits per heavy atom. The third-order valence-electron chi connectivity index (χ3n) is 5.09. The van der Waals surface area contributed by atoms with Gasteiger partial charge >= 0.3 is 0 Å². The van der Waals surface area contributed by atoms with E-state index >= 15 is 0 Å². The molecular formula is C19H18ClN3O2S. The summed E-state index contributed by atoms with van der Waals surface area (Å²) in [5, 5.41) is 3.84. The monoisotopic (exact) mass is 387 g/mol. The summed E-state index contributed by atoms with van der Waals surface area (Å²) in [5.74, 6) is 0.368. The highest BCUT2D eigenvalue weighted by Gasteiger charge is 2.35. The van der Waals surface area contributed by atoms with E-state index in [1.165, 1.54) is 0 Å². The maximum atomic E-state index is 12.4. The molecule has 2 bridgehead atoms. The highest BCUT2D eigenvalue weighted by atomic mass is 35.5. The zero-order chi connectivity index (χ0) is 18.3. The van der Waals surface area contributed by atoms with Crippen LogP contribution >= 0.6 is 23.8 Å². The van der Waals surface area contributed by atoms with Gasteiger partial charge in [0.1, 0.15) is 0 Å². The van der Waals surface area contributed by atoms with Gasteiger partial charge in [0.05, 0.1) is 0 Å². The number of halogens is 1. The molecule has 3 heterocycles. The largest absolute Gasteiger partial charge is 0.348 e. The van der Waals surface area contributed by atoms with Crippen LogP contribution in [0.3, 0.4) is 0 Å². The first-order chi connectivity index (χ1) is 12.5. The molecule has 26 heavy (non-hydrogen) atoms. The van der Waals surface area contributed by atoms with Crippen LogP contribution in [-0.4, -0.2) is 33.6 Å². The van der Waals surface area contributed by atoms with Gasteiger partial charge in [-0.25, -0.2) is 0 Å². The molecule has 7 heteroatoms. The van der Waals surface area contributed by atoms with Crippen molar-refractivity contribution < 1.29 is 4.79 Å². The van der Waals surface area contributed by atoms with E-state index in [0.717, 1.165) is 18.7 Å². The molecule has 0 spiro atoms. The topological polar surface area (TPSA) is 54.3 Å². The maximum absolute atomic E-state index is 12.4. The van der Waals surface area contributed by atoms with Crippen molar-refractivity contribution in [1.82, 2.24) is 14.8 Å². The first kappa shape index (κ1) is 17.2. The molecule has 1 aromatic carbocycles. The number of likely N-dealkylation sites (tertiary alicyclic amines) is 1. The lowest BCUT2D eigenvalue weighted by molar-refractivity contribution is 0.0968. The third kappa shape index (κ3) is 3.27. The van der Waals surface area contributed by atoms with Crippen molar-refractivity contribution in [2.24, 2.45) is 5.92 Å². The molecule has 2 aliphatic heterocycles. The number of nitrogens with one attached hydrogen (secondary N) is 1. The fraction of sp³-hybridized carbons (Fsp3) is 0.316. The Morgan fingerprint density at radius 3 is 2.65 bits per heavy atom. The van der Waals surface area contributed by atoms with E-state index in [1.807, 2.05) is 21.6 Å². The summed E-state index contributed by atoms with van der Waals surface area (Å²) < 4.78 is 1.88. The average molecular weight is 388 g/mol. The van der Waals surface area contributed by atoms with Crippen LogP contribution in [0, 0.1) is 5.92 Å². The smallest absolute Gasteiger partial charge is 0.257 e. The molecule has 0 saturated carbocycles. The van der Waals surface area contributed by atoms with E-state index in [-0.39, 0.29) is 17.4 Å². The number of nitrogens with zero attached hydrogens (tertiary/aromatic N) is 2. The standard InChI is InChI=1S/C19H18ClN3O2S/c20-15-6-4-13(5-7-15)18(25)21-19(26)22-9-12-8-14(11-22)16-2-1-3-17(24)23(16)10-12/h1-7,12,14H,8-11H2,(H,21,25,26)/t12-,14+/m0/s1. The Kier molecular flexibility index (Phi) is 4.54. The number of thiocarbonyl (C=S) groups is 1. The lowest BCUT2D eigenvalue weighted by atomic mass is 9.83. The van der Waals surface area contributed by atoms with E-state index in [9.17, 15) is 9.59 Å². The second-order valence-electron chi connectivity index (χ2n) is 6.87. The van der Waals surface area contributed by atoms with Crippen LogP contribution in [0.5, 0.6) is 0 Å². The van der Waals surface area contributed by atoms with E-state index in [0.29, 0.717) is 34.7 Å². The number of aromatic nitrogens is 1. The highest BCUT2D eigenvalue weighted by molar-refractivity contribution is 7.80. The van der Waals surface area contributed by atoms with Gasteiger partial charge in [0.2, 0.25) is 0 Å². The average Bonchev–Trinajstić information content (AvgIpc) is 2.63. The number of hydrogen-bond donors (Lipinski definition) is 1. The molecule has 0 radical (unpaired) electrons. The fourth-order valence-electron chi connectivity index (χ4n) is 3.91. The number of fused-ring (bicyclic) bond motifs is 4. The van der Waals surface area contributed by atoms with Gasteiger partial charge in [-0.15, -0.1) is 0 Å². The molecule has 4 rings (SSSR count). The molecule has 2 aliphatic rings. The normalized spacial score (nSPS) is 21.0. The van der Waals surface area contributed by atoms with Crippen molar-refractivity contribution >= 4 is 34.8 Å². The molecular weight excluding hydrogens is 370 g/mol. The minimum absolute atomic E-state index is 0.0595. The zero-order valence-corrected chi connectivity index (χ0v) is 15.6. The second kappa shape index (κ2) is 6.85. The first-order valence-electron chi connectivity index (χ1n) is 8.57. The number of benzene rings is 1. The van der Waals surface area contributed by atoms with Crippen molar-refractivity contribution in [2.75, 3.05) is 13.1 Å².